The van der Waals surface area contributed by atoms with Crippen LogP contribution in [0.5, 0.6) is 0 Å². The first-order valence-corrected chi connectivity index (χ1v) is 6.94. The molecule has 0 saturated carbocycles. The monoisotopic (exact) mass is 255 g/mol. The van der Waals surface area contributed by atoms with E-state index in [1.54, 1.807) is 6.07 Å². The highest BCUT2D eigenvalue weighted by Gasteiger charge is 2.40. The Kier molecular flexibility index (Phi) is 2.52. The summed E-state index contributed by atoms with van der Waals surface area (Å²) in [5.74, 6) is 0. The molecule has 1 heterocycles. The van der Waals surface area contributed by atoms with Crippen molar-refractivity contribution in [3.63, 3.8) is 0 Å². The Morgan fingerprint density at radius 3 is 2.47 bits per heavy atom. The summed E-state index contributed by atoms with van der Waals surface area (Å²) in [7, 11) is -2.19. The van der Waals surface area contributed by atoms with Crippen molar-refractivity contribution in [1.82, 2.24) is 0 Å². The molecular weight excluding hydrogens is 238 g/mol. The predicted octanol–water partition coefficient (Wildman–Crippen LogP) is 2.05. The lowest BCUT2D eigenvalue weighted by Crippen LogP contribution is -2.36. The summed E-state index contributed by atoms with van der Waals surface area (Å²) >= 11 is 0. The number of likely N-dealkylation sites (N-methyl/N-ethyl adjacent to an activating group) is 1. The van der Waals surface area contributed by atoms with Gasteiger partial charge in [-0.25, -0.2) is 0 Å². The first-order chi connectivity index (χ1) is 7.65. The molecule has 94 valence electrons. The van der Waals surface area contributed by atoms with Gasteiger partial charge < -0.3 is 4.90 Å². The Labute approximate surface area is 102 Å². The van der Waals surface area contributed by atoms with Gasteiger partial charge in [-0.3, -0.25) is 4.55 Å². The van der Waals surface area contributed by atoms with Crippen molar-refractivity contribution in [2.24, 2.45) is 0 Å². The van der Waals surface area contributed by atoms with Crippen molar-refractivity contribution in [2.45, 2.75) is 37.1 Å². The molecule has 1 aromatic carbocycles. The van der Waals surface area contributed by atoms with Crippen molar-refractivity contribution < 1.29 is 13.0 Å². The molecule has 0 radical (unpaired) electrons. The third kappa shape index (κ3) is 1.73. The lowest BCUT2D eigenvalue weighted by molar-refractivity contribution is 0.454. The van der Waals surface area contributed by atoms with Crippen LogP contribution >= 0.6 is 0 Å². The van der Waals surface area contributed by atoms with Crippen molar-refractivity contribution in [3.8, 4) is 0 Å². The molecule has 4 nitrogen and oxygen atoms in total. The quantitative estimate of drug-likeness (QED) is 0.780. The molecule has 0 fully saturated rings. The first kappa shape index (κ1) is 12.4. The fraction of sp³-hybridized carbons (Fsp3) is 0.500. The first-order valence-electron chi connectivity index (χ1n) is 5.50. The van der Waals surface area contributed by atoms with Gasteiger partial charge in [0, 0.05) is 24.2 Å². The summed E-state index contributed by atoms with van der Waals surface area (Å²) in [6.07, 6.45) is 0. The van der Waals surface area contributed by atoms with Crippen LogP contribution in [-0.2, 0) is 15.5 Å². The maximum Gasteiger partial charge on any atom is 0.294 e. The number of anilines is 1. The van der Waals surface area contributed by atoms with E-state index in [1.165, 1.54) is 12.1 Å². The minimum Gasteiger partial charge on any atom is -0.371 e. The Hall–Kier alpha value is -1.07. The van der Waals surface area contributed by atoms with Crippen LogP contribution in [0.4, 0.5) is 5.69 Å². The molecule has 1 aliphatic rings. The van der Waals surface area contributed by atoms with Gasteiger partial charge in [-0.15, -0.1) is 0 Å². The minimum absolute atomic E-state index is 0.0260. The highest BCUT2D eigenvalue weighted by Crippen LogP contribution is 2.44. The maximum atomic E-state index is 11.1. The standard InChI is InChI=1S/C12H17NO3S/c1-8-12(2,3)10-6-5-9(17(14,15)16)7-11(10)13(8)4/h5-8H,1-4H3,(H,14,15,16). The molecule has 1 aliphatic heterocycles. The average molecular weight is 255 g/mol. The number of hydrogen-bond donors (Lipinski definition) is 1. The molecule has 1 unspecified atom stereocenters. The molecule has 2 rings (SSSR count). The second-order valence-electron chi connectivity index (χ2n) is 5.16. The van der Waals surface area contributed by atoms with Gasteiger partial charge in [-0.1, -0.05) is 19.9 Å². The van der Waals surface area contributed by atoms with Crippen LogP contribution in [0.25, 0.3) is 0 Å². The minimum atomic E-state index is -4.13. The van der Waals surface area contributed by atoms with Crippen LogP contribution in [0.2, 0.25) is 0 Å². The average Bonchev–Trinajstić information content (AvgIpc) is 2.39. The zero-order chi connectivity index (χ0) is 13.0. The van der Waals surface area contributed by atoms with Crippen LogP contribution in [0.15, 0.2) is 23.1 Å². The van der Waals surface area contributed by atoms with E-state index in [4.69, 9.17) is 4.55 Å². The molecule has 1 N–H and O–H groups in total. The van der Waals surface area contributed by atoms with Crippen molar-refractivity contribution in [2.75, 3.05) is 11.9 Å². The van der Waals surface area contributed by atoms with Crippen molar-refractivity contribution in [3.05, 3.63) is 23.8 Å². The van der Waals surface area contributed by atoms with Crippen LogP contribution in [0.1, 0.15) is 26.3 Å². The van der Waals surface area contributed by atoms with E-state index in [0.717, 1.165) is 11.3 Å². The summed E-state index contributed by atoms with van der Waals surface area (Å²) in [5.41, 5.74) is 1.96. The molecule has 0 spiro atoms. The molecule has 0 saturated heterocycles. The third-order valence-corrected chi connectivity index (χ3v) is 4.82. The highest BCUT2D eigenvalue weighted by atomic mass is 32.2. The van der Waals surface area contributed by atoms with Crippen LogP contribution < -0.4 is 4.90 Å². The van der Waals surface area contributed by atoms with Gasteiger partial charge in [-0.05, 0) is 24.6 Å². The lowest BCUT2D eigenvalue weighted by atomic mass is 9.81. The highest BCUT2D eigenvalue weighted by molar-refractivity contribution is 7.85. The van der Waals surface area contributed by atoms with E-state index in [1.807, 2.05) is 11.9 Å². The molecule has 0 aliphatic carbocycles. The van der Waals surface area contributed by atoms with E-state index < -0.39 is 10.1 Å². The predicted molar refractivity (Wildman–Crippen MR) is 67.1 cm³/mol. The Balaban J connectivity index is 2.65. The van der Waals surface area contributed by atoms with Gasteiger partial charge in [-0.2, -0.15) is 8.42 Å². The number of nitrogens with zero attached hydrogens (tertiary/aromatic N) is 1. The van der Waals surface area contributed by atoms with Crippen molar-refractivity contribution >= 4 is 15.8 Å². The van der Waals surface area contributed by atoms with E-state index in [2.05, 4.69) is 20.8 Å². The summed E-state index contributed by atoms with van der Waals surface area (Å²) in [6.45, 7) is 6.37. The van der Waals surface area contributed by atoms with Crippen LogP contribution in [0, 0.1) is 0 Å². The zero-order valence-electron chi connectivity index (χ0n) is 10.4. The maximum absolute atomic E-state index is 11.1. The molecule has 1 atom stereocenters. The van der Waals surface area contributed by atoms with E-state index in [0.29, 0.717) is 0 Å². The third-order valence-electron chi connectivity index (χ3n) is 3.97. The lowest BCUT2D eigenvalue weighted by Gasteiger charge is -2.28. The summed E-state index contributed by atoms with van der Waals surface area (Å²) in [4.78, 5) is 2.00. The molecular formula is C12H17NO3S. The SMILES string of the molecule is CC1N(C)c2cc(S(=O)(=O)O)ccc2C1(C)C. The number of rotatable bonds is 1. The van der Waals surface area contributed by atoms with Gasteiger partial charge in [0.1, 0.15) is 0 Å². The summed E-state index contributed by atoms with van der Waals surface area (Å²) in [6, 6.07) is 5.07. The number of hydrogen-bond acceptors (Lipinski definition) is 3. The fourth-order valence-electron chi connectivity index (χ4n) is 2.43. The number of fused-ring (bicyclic) bond motifs is 1. The van der Waals surface area contributed by atoms with Gasteiger partial charge in [0.15, 0.2) is 0 Å². The van der Waals surface area contributed by atoms with Gasteiger partial charge >= 0.3 is 0 Å². The largest absolute Gasteiger partial charge is 0.371 e. The smallest absolute Gasteiger partial charge is 0.294 e. The molecule has 0 bridgehead atoms. The second-order valence-corrected chi connectivity index (χ2v) is 6.58. The summed E-state index contributed by atoms with van der Waals surface area (Å²) < 4.78 is 31.3. The molecule has 17 heavy (non-hydrogen) atoms. The van der Waals surface area contributed by atoms with E-state index >= 15 is 0 Å². The Morgan fingerprint density at radius 2 is 1.94 bits per heavy atom. The topological polar surface area (TPSA) is 57.6 Å². The number of benzene rings is 1. The molecule has 0 aromatic heterocycles. The molecule has 1 aromatic rings. The van der Waals surface area contributed by atoms with Crippen LogP contribution in [0.3, 0.4) is 0 Å². The van der Waals surface area contributed by atoms with Gasteiger partial charge in [0.2, 0.25) is 0 Å². The Bertz CT molecular complexity index is 563. The van der Waals surface area contributed by atoms with Gasteiger partial charge in [0.25, 0.3) is 10.1 Å². The van der Waals surface area contributed by atoms with E-state index in [9.17, 15) is 8.42 Å². The molecule has 5 heteroatoms. The van der Waals surface area contributed by atoms with E-state index in [-0.39, 0.29) is 16.4 Å². The van der Waals surface area contributed by atoms with Gasteiger partial charge in [0.05, 0.1) is 4.90 Å². The Morgan fingerprint density at radius 1 is 1.35 bits per heavy atom. The zero-order valence-corrected chi connectivity index (χ0v) is 11.2. The molecule has 0 amide bonds. The van der Waals surface area contributed by atoms with Crippen molar-refractivity contribution in [1.29, 1.82) is 0 Å². The summed E-state index contributed by atoms with van der Waals surface area (Å²) in [5, 5.41) is 0. The normalized spacial score (nSPS) is 22.6. The fourth-order valence-corrected chi connectivity index (χ4v) is 2.93. The second kappa shape index (κ2) is 3.46. The van der Waals surface area contributed by atoms with Crippen LogP contribution in [-0.4, -0.2) is 26.1 Å².